The van der Waals surface area contributed by atoms with Gasteiger partial charge >= 0.3 is 0 Å². The molecule has 3 nitrogen and oxygen atoms in total. The van der Waals surface area contributed by atoms with Crippen LogP contribution in [0.15, 0.2) is 18.2 Å². The highest BCUT2D eigenvalue weighted by atomic mass is 35.5. The normalized spacial score (nSPS) is 17.9. The molecule has 1 aliphatic rings. The third kappa shape index (κ3) is 4.10. The second-order valence-corrected chi connectivity index (χ2v) is 6.09. The Morgan fingerprint density at radius 2 is 2.11 bits per heavy atom. The van der Waals surface area contributed by atoms with Crippen LogP contribution in [0.25, 0.3) is 0 Å². The monoisotopic (exact) mass is 301 g/mol. The summed E-state index contributed by atoms with van der Waals surface area (Å²) in [6, 6.07) is 5.94. The highest BCUT2D eigenvalue weighted by Gasteiger charge is 2.29. The van der Waals surface area contributed by atoms with Gasteiger partial charge in [-0.15, -0.1) is 0 Å². The third-order valence-corrected chi connectivity index (χ3v) is 4.26. The number of carbonyl (C=O) groups is 1. The summed E-state index contributed by atoms with van der Waals surface area (Å²) in [5, 5.41) is 4.15. The number of rotatable bonds is 5. The van der Waals surface area contributed by atoms with Crippen molar-refractivity contribution in [2.75, 3.05) is 7.05 Å². The van der Waals surface area contributed by atoms with Gasteiger partial charge in [-0.05, 0) is 31.9 Å². The van der Waals surface area contributed by atoms with E-state index in [-0.39, 0.29) is 11.9 Å². The summed E-state index contributed by atoms with van der Waals surface area (Å²) in [6.07, 6.45) is 2.23. The van der Waals surface area contributed by atoms with Crippen molar-refractivity contribution >= 4 is 29.1 Å². The van der Waals surface area contributed by atoms with Gasteiger partial charge in [0, 0.05) is 11.6 Å². The lowest BCUT2D eigenvalue weighted by atomic mass is 10.2. The number of likely N-dealkylation sites (N-methyl/N-ethyl adjacent to an activating group) is 1. The fourth-order valence-corrected chi connectivity index (χ4v) is 2.22. The predicted molar refractivity (Wildman–Crippen MR) is 77.7 cm³/mol. The van der Waals surface area contributed by atoms with Crippen molar-refractivity contribution in [1.82, 2.24) is 5.32 Å². The molecule has 1 amide bonds. The van der Waals surface area contributed by atoms with Crippen LogP contribution >= 0.6 is 23.2 Å². The number of nitrogens with one attached hydrogen (secondary N) is 2. The van der Waals surface area contributed by atoms with Gasteiger partial charge in [0.1, 0.15) is 6.54 Å². The molecular weight excluding hydrogens is 283 g/mol. The van der Waals surface area contributed by atoms with Crippen LogP contribution in [0.1, 0.15) is 25.3 Å². The maximum absolute atomic E-state index is 12.0. The molecule has 2 atom stereocenters. The first-order valence-electron chi connectivity index (χ1n) is 6.54. The van der Waals surface area contributed by atoms with E-state index < -0.39 is 0 Å². The van der Waals surface area contributed by atoms with Crippen LogP contribution < -0.4 is 10.2 Å². The number of quaternary nitrogens is 1. The van der Waals surface area contributed by atoms with Crippen molar-refractivity contribution in [2.45, 2.75) is 38.4 Å². The molecule has 0 aliphatic heterocycles. The zero-order valence-electron chi connectivity index (χ0n) is 11.2. The second kappa shape index (κ2) is 6.12. The van der Waals surface area contributed by atoms with E-state index in [2.05, 4.69) is 5.32 Å². The Labute approximate surface area is 123 Å². The largest absolute Gasteiger partial charge is 0.348 e. The van der Waals surface area contributed by atoms with Crippen LogP contribution in [0.2, 0.25) is 10.0 Å². The average molecular weight is 302 g/mol. The van der Waals surface area contributed by atoms with Crippen LogP contribution in [0.3, 0.4) is 0 Å². The van der Waals surface area contributed by atoms with E-state index in [0.717, 1.165) is 29.8 Å². The highest BCUT2D eigenvalue weighted by Crippen LogP contribution is 2.22. The Hall–Kier alpha value is -0.770. The topological polar surface area (TPSA) is 33.5 Å². The van der Waals surface area contributed by atoms with Crippen molar-refractivity contribution < 1.29 is 9.69 Å². The summed E-state index contributed by atoms with van der Waals surface area (Å²) in [6.45, 7) is 2.70. The van der Waals surface area contributed by atoms with Gasteiger partial charge in [0.05, 0.1) is 17.1 Å². The molecule has 1 saturated carbocycles. The van der Waals surface area contributed by atoms with E-state index in [1.165, 1.54) is 0 Å². The van der Waals surface area contributed by atoms with Gasteiger partial charge in [0.15, 0.2) is 6.04 Å². The molecule has 19 heavy (non-hydrogen) atoms. The number of benzene rings is 1. The molecule has 1 unspecified atom stereocenters. The lowest BCUT2D eigenvalue weighted by Gasteiger charge is -2.21. The minimum absolute atomic E-state index is 0.0740. The average Bonchev–Trinajstić information content (AvgIpc) is 3.16. The first kappa shape index (κ1) is 14.6. The quantitative estimate of drug-likeness (QED) is 0.852. The molecule has 0 saturated heterocycles. The molecule has 0 heterocycles. The summed E-state index contributed by atoms with van der Waals surface area (Å²) in [7, 11) is 2.01. The van der Waals surface area contributed by atoms with Gasteiger partial charge in [-0.3, -0.25) is 4.79 Å². The van der Waals surface area contributed by atoms with Crippen LogP contribution in [0.4, 0.5) is 0 Å². The van der Waals surface area contributed by atoms with Crippen molar-refractivity contribution in [1.29, 1.82) is 0 Å². The third-order valence-electron chi connectivity index (χ3n) is 3.52. The van der Waals surface area contributed by atoms with Gasteiger partial charge in [-0.25, -0.2) is 0 Å². The van der Waals surface area contributed by atoms with E-state index in [4.69, 9.17) is 23.2 Å². The van der Waals surface area contributed by atoms with E-state index in [0.29, 0.717) is 16.1 Å². The Balaban J connectivity index is 1.92. The molecule has 5 heteroatoms. The fraction of sp³-hybridized carbons (Fsp3) is 0.500. The van der Waals surface area contributed by atoms with E-state index in [9.17, 15) is 4.79 Å². The summed E-state index contributed by atoms with van der Waals surface area (Å²) >= 11 is 11.9. The molecule has 2 rings (SSSR count). The number of hydrogen-bond acceptors (Lipinski definition) is 1. The zero-order chi connectivity index (χ0) is 14.0. The second-order valence-electron chi connectivity index (χ2n) is 5.28. The Bertz CT molecular complexity index is 475. The molecule has 0 aromatic heterocycles. The number of amides is 1. The Kier molecular flexibility index (Phi) is 4.71. The molecule has 1 aromatic rings. The number of carbonyl (C=O) groups excluding carboxylic acids is 1. The summed E-state index contributed by atoms with van der Waals surface area (Å²) in [5.74, 6) is 0.125. The minimum atomic E-state index is -0.0740. The fourth-order valence-electron chi connectivity index (χ4n) is 1.90. The summed E-state index contributed by atoms with van der Waals surface area (Å²) in [4.78, 5) is 13.1. The highest BCUT2D eigenvalue weighted by molar-refractivity contribution is 6.42. The van der Waals surface area contributed by atoms with Gasteiger partial charge in [0.2, 0.25) is 0 Å². The van der Waals surface area contributed by atoms with E-state index in [1.54, 1.807) is 6.07 Å². The minimum Gasteiger partial charge on any atom is -0.348 e. The molecule has 1 fully saturated rings. The van der Waals surface area contributed by atoms with Gasteiger partial charge in [-0.1, -0.05) is 29.3 Å². The van der Waals surface area contributed by atoms with Crippen LogP contribution in [-0.4, -0.2) is 25.0 Å². The van der Waals surface area contributed by atoms with Crippen molar-refractivity contribution in [3.05, 3.63) is 33.8 Å². The molecule has 0 radical (unpaired) electrons. The van der Waals surface area contributed by atoms with Crippen LogP contribution in [-0.2, 0) is 11.3 Å². The first-order valence-corrected chi connectivity index (χ1v) is 7.29. The number of hydrogen-bond donors (Lipinski definition) is 2. The standard InChI is InChI=1S/C14H18Cl2N2O/c1-9(14(19)17-11-4-5-11)18(2)8-10-3-6-12(15)13(16)7-10/h3,6-7,9,11H,4-5,8H2,1-2H3,(H,17,19)/p+1/t9-/m1/s1. The molecule has 1 aromatic carbocycles. The van der Waals surface area contributed by atoms with Crippen molar-refractivity contribution in [3.63, 3.8) is 0 Å². The predicted octanol–water partition coefficient (Wildman–Crippen LogP) is 1.68. The molecule has 1 aliphatic carbocycles. The number of halogens is 2. The zero-order valence-corrected chi connectivity index (χ0v) is 12.7. The summed E-state index contributed by atoms with van der Waals surface area (Å²) in [5.41, 5.74) is 1.08. The van der Waals surface area contributed by atoms with Crippen LogP contribution in [0.5, 0.6) is 0 Å². The van der Waals surface area contributed by atoms with Gasteiger partial charge in [0.25, 0.3) is 5.91 Å². The Morgan fingerprint density at radius 1 is 1.42 bits per heavy atom. The van der Waals surface area contributed by atoms with Crippen molar-refractivity contribution in [2.24, 2.45) is 0 Å². The maximum atomic E-state index is 12.0. The molecule has 104 valence electrons. The Morgan fingerprint density at radius 3 is 2.68 bits per heavy atom. The van der Waals surface area contributed by atoms with Gasteiger partial charge in [-0.2, -0.15) is 0 Å². The molecule has 0 spiro atoms. The molecule has 2 N–H and O–H groups in total. The summed E-state index contributed by atoms with van der Waals surface area (Å²) < 4.78 is 0. The molecule has 0 bridgehead atoms. The van der Waals surface area contributed by atoms with E-state index in [1.807, 2.05) is 26.1 Å². The maximum Gasteiger partial charge on any atom is 0.278 e. The smallest absolute Gasteiger partial charge is 0.278 e. The van der Waals surface area contributed by atoms with E-state index >= 15 is 0 Å². The lowest BCUT2D eigenvalue weighted by Crippen LogP contribution is -3.12. The molecular formula is C14H19Cl2N2O+. The van der Waals surface area contributed by atoms with Crippen LogP contribution in [0, 0.1) is 0 Å². The lowest BCUT2D eigenvalue weighted by molar-refractivity contribution is -0.908. The SMILES string of the molecule is C[C@H](C(=O)NC1CC1)[NH+](C)Cc1ccc(Cl)c(Cl)c1. The first-order chi connectivity index (χ1) is 8.97. The van der Waals surface area contributed by atoms with Gasteiger partial charge < -0.3 is 10.2 Å². The van der Waals surface area contributed by atoms with Crippen molar-refractivity contribution in [3.8, 4) is 0 Å².